The zero-order valence-electron chi connectivity index (χ0n) is 14.0. The fraction of sp³-hybridized carbons (Fsp3) is 0.353. The summed E-state index contributed by atoms with van der Waals surface area (Å²) in [4.78, 5) is 23.9. The average Bonchev–Trinajstić information content (AvgIpc) is 3.09. The van der Waals surface area contributed by atoms with E-state index in [0.717, 1.165) is 5.56 Å². The summed E-state index contributed by atoms with van der Waals surface area (Å²) in [5.74, 6) is -0.471. The molecule has 0 saturated heterocycles. The summed E-state index contributed by atoms with van der Waals surface area (Å²) in [5, 5.41) is 7.35. The van der Waals surface area contributed by atoms with Crippen LogP contribution in [0.25, 0.3) is 0 Å². The molecule has 2 rings (SSSR count). The minimum Gasteiger partial charge on any atom is -0.466 e. The van der Waals surface area contributed by atoms with Gasteiger partial charge in [-0.25, -0.2) is 9.48 Å². The number of ether oxygens (including phenoxy) is 2. The highest BCUT2D eigenvalue weighted by atomic mass is 35.5. The van der Waals surface area contributed by atoms with Crippen LogP contribution in [0, 0.1) is 0 Å². The number of hydrogen-bond acceptors (Lipinski definition) is 5. The number of amides is 1. The van der Waals surface area contributed by atoms with Crippen LogP contribution in [0.2, 0.25) is 5.02 Å². The van der Waals surface area contributed by atoms with Crippen LogP contribution in [0.5, 0.6) is 0 Å². The first-order valence-electron chi connectivity index (χ1n) is 7.87. The predicted molar refractivity (Wildman–Crippen MR) is 92.0 cm³/mol. The fourth-order valence-electron chi connectivity index (χ4n) is 2.17. The SMILES string of the molecule is CCOC(=O)CC(OC(=O)N[C@@H](C)c1ccc(Cl)cc1)n1cccn1. The molecule has 0 aliphatic rings. The van der Waals surface area contributed by atoms with E-state index in [2.05, 4.69) is 10.4 Å². The normalized spacial score (nSPS) is 12.9. The minimum absolute atomic E-state index is 0.127. The lowest BCUT2D eigenvalue weighted by molar-refractivity contribution is -0.147. The van der Waals surface area contributed by atoms with E-state index in [4.69, 9.17) is 21.1 Å². The van der Waals surface area contributed by atoms with Crippen molar-refractivity contribution in [3.8, 4) is 0 Å². The molecule has 2 atom stereocenters. The van der Waals surface area contributed by atoms with Gasteiger partial charge in [0.15, 0.2) is 0 Å². The Morgan fingerprint density at radius 3 is 2.64 bits per heavy atom. The topological polar surface area (TPSA) is 82.5 Å². The molecule has 0 aliphatic heterocycles. The van der Waals surface area contributed by atoms with Crippen molar-refractivity contribution >= 4 is 23.7 Å². The Bertz CT molecular complexity index is 688. The zero-order valence-corrected chi connectivity index (χ0v) is 14.8. The van der Waals surface area contributed by atoms with Crippen molar-refractivity contribution in [3.63, 3.8) is 0 Å². The summed E-state index contributed by atoms with van der Waals surface area (Å²) in [7, 11) is 0. The van der Waals surface area contributed by atoms with Crippen molar-refractivity contribution in [2.45, 2.75) is 32.5 Å². The Labute approximate surface area is 150 Å². The molecule has 7 nitrogen and oxygen atoms in total. The van der Waals surface area contributed by atoms with Gasteiger partial charge in [0, 0.05) is 17.4 Å². The van der Waals surface area contributed by atoms with Crippen LogP contribution in [0.1, 0.15) is 38.1 Å². The van der Waals surface area contributed by atoms with Gasteiger partial charge in [-0.05, 0) is 37.6 Å². The van der Waals surface area contributed by atoms with E-state index in [-0.39, 0.29) is 19.1 Å². The molecule has 134 valence electrons. The molecule has 1 amide bonds. The molecule has 1 heterocycles. The summed E-state index contributed by atoms with van der Waals surface area (Å²) < 4.78 is 11.7. The van der Waals surface area contributed by atoms with Crippen LogP contribution in [-0.2, 0) is 14.3 Å². The molecule has 0 radical (unpaired) electrons. The number of benzene rings is 1. The van der Waals surface area contributed by atoms with Crippen molar-refractivity contribution in [1.29, 1.82) is 0 Å². The number of rotatable bonds is 7. The summed E-state index contributed by atoms with van der Waals surface area (Å²) in [5.41, 5.74) is 0.877. The standard InChI is InChI=1S/C17H20ClN3O4/c1-3-24-16(22)11-15(21-10-4-9-19-21)25-17(23)20-12(2)13-5-7-14(18)8-6-13/h4-10,12,15H,3,11H2,1-2H3,(H,20,23)/t12-,15?/m0/s1. The third-order valence-corrected chi connectivity index (χ3v) is 3.67. The van der Waals surface area contributed by atoms with Gasteiger partial charge in [0.05, 0.1) is 12.6 Å². The molecule has 2 aromatic rings. The maximum atomic E-state index is 12.2. The van der Waals surface area contributed by atoms with Crippen molar-refractivity contribution in [2.24, 2.45) is 0 Å². The number of nitrogens with one attached hydrogen (secondary N) is 1. The van der Waals surface area contributed by atoms with Gasteiger partial charge >= 0.3 is 12.1 Å². The number of esters is 1. The molecule has 0 bridgehead atoms. The monoisotopic (exact) mass is 365 g/mol. The van der Waals surface area contributed by atoms with Crippen molar-refractivity contribution in [1.82, 2.24) is 15.1 Å². The number of alkyl carbamates (subject to hydrolysis) is 1. The smallest absolute Gasteiger partial charge is 0.409 e. The Morgan fingerprint density at radius 2 is 2.04 bits per heavy atom. The van der Waals surface area contributed by atoms with Crippen LogP contribution in [0.15, 0.2) is 42.7 Å². The molecule has 0 aliphatic carbocycles. The lowest BCUT2D eigenvalue weighted by atomic mass is 10.1. The molecule has 0 spiro atoms. The van der Waals surface area contributed by atoms with Crippen molar-refractivity contribution in [3.05, 3.63) is 53.3 Å². The summed E-state index contributed by atoms with van der Waals surface area (Å²) in [6.07, 6.45) is 1.48. The van der Waals surface area contributed by atoms with Crippen molar-refractivity contribution in [2.75, 3.05) is 6.61 Å². The van der Waals surface area contributed by atoms with Gasteiger partial charge in [-0.1, -0.05) is 23.7 Å². The third-order valence-electron chi connectivity index (χ3n) is 3.41. The number of carbonyl (C=O) groups is 2. The van der Waals surface area contributed by atoms with E-state index >= 15 is 0 Å². The van der Waals surface area contributed by atoms with E-state index in [1.54, 1.807) is 31.3 Å². The third kappa shape index (κ3) is 5.79. The van der Waals surface area contributed by atoms with Gasteiger partial charge in [0.2, 0.25) is 6.23 Å². The first-order chi connectivity index (χ1) is 12.0. The van der Waals surface area contributed by atoms with E-state index in [9.17, 15) is 9.59 Å². The summed E-state index contributed by atoms with van der Waals surface area (Å²) >= 11 is 5.86. The van der Waals surface area contributed by atoms with Crippen LogP contribution >= 0.6 is 11.6 Å². The Balaban J connectivity index is 1.98. The van der Waals surface area contributed by atoms with Crippen molar-refractivity contribution < 1.29 is 19.1 Å². The number of hydrogen-bond donors (Lipinski definition) is 1. The average molecular weight is 366 g/mol. The summed E-state index contributed by atoms with van der Waals surface area (Å²) in [6, 6.07) is 8.51. The second-order valence-electron chi connectivity index (χ2n) is 5.27. The molecular formula is C17H20ClN3O4. The number of nitrogens with zero attached hydrogens (tertiary/aromatic N) is 2. The molecular weight excluding hydrogens is 346 g/mol. The molecule has 0 saturated carbocycles. The minimum atomic E-state index is -0.883. The molecule has 1 aromatic carbocycles. The Morgan fingerprint density at radius 1 is 1.32 bits per heavy atom. The maximum absolute atomic E-state index is 12.2. The maximum Gasteiger partial charge on any atom is 0.409 e. The van der Waals surface area contributed by atoms with Crippen LogP contribution in [0.3, 0.4) is 0 Å². The van der Waals surface area contributed by atoms with E-state index < -0.39 is 18.3 Å². The molecule has 25 heavy (non-hydrogen) atoms. The highest BCUT2D eigenvalue weighted by molar-refractivity contribution is 6.30. The van der Waals surface area contributed by atoms with Crippen LogP contribution in [-0.4, -0.2) is 28.4 Å². The molecule has 1 N–H and O–H groups in total. The largest absolute Gasteiger partial charge is 0.466 e. The predicted octanol–water partition coefficient (Wildman–Crippen LogP) is 3.48. The number of carbonyl (C=O) groups excluding carboxylic acids is 2. The molecule has 1 aromatic heterocycles. The lowest BCUT2D eigenvalue weighted by Crippen LogP contribution is -2.31. The highest BCUT2D eigenvalue weighted by Gasteiger charge is 2.22. The van der Waals surface area contributed by atoms with Gasteiger partial charge in [0.1, 0.15) is 6.42 Å². The van der Waals surface area contributed by atoms with Gasteiger partial charge in [0.25, 0.3) is 0 Å². The highest BCUT2D eigenvalue weighted by Crippen LogP contribution is 2.18. The number of aromatic nitrogens is 2. The quantitative estimate of drug-likeness (QED) is 0.759. The van der Waals surface area contributed by atoms with Crippen LogP contribution in [0.4, 0.5) is 4.79 Å². The van der Waals surface area contributed by atoms with Gasteiger partial charge in [-0.2, -0.15) is 5.10 Å². The first kappa shape index (κ1) is 18.8. The molecule has 8 heteroatoms. The summed E-state index contributed by atoms with van der Waals surface area (Å²) in [6.45, 7) is 3.78. The lowest BCUT2D eigenvalue weighted by Gasteiger charge is -2.20. The second-order valence-corrected chi connectivity index (χ2v) is 5.71. The molecule has 1 unspecified atom stereocenters. The fourth-order valence-corrected chi connectivity index (χ4v) is 2.30. The van der Waals surface area contributed by atoms with E-state index in [1.165, 1.54) is 10.9 Å². The molecule has 0 fully saturated rings. The van der Waals surface area contributed by atoms with E-state index in [1.807, 2.05) is 19.1 Å². The Kier molecular flexibility index (Phi) is 6.82. The van der Waals surface area contributed by atoms with Crippen LogP contribution < -0.4 is 5.32 Å². The van der Waals surface area contributed by atoms with Gasteiger partial charge in [-0.15, -0.1) is 0 Å². The Hall–Kier alpha value is -2.54. The van der Waals surface area contributed by atoms with E-state index in [0.29, 0.717) is 5.02 Å². The number of halogens is 1. The first-order valence-corrected chi connectivity index (χ1v) is 8.24. The second kappa shape index (κ2) is 9.08. The van der Waals surface area contributed by atoms with Gasteiger partial charge < -0.3 is 14.8 Å². The zero-order chi connectivity index (χ0) is 18.2. The van der Waals surface area contributed by atoms with Gasteiger partial charge in [-0.3, -0.25) is 4.79 Å².